The molecule has 1 N–H and O–H groups in total. The van der Waals surface area contributed by atoms with Crippen molar-refractivity contribution < 1.29 is 17.9 Å². The molecule has 3 aromatic carbocycles. The molecule has 0 aliphatic rings. The highest BCUT2D eigenvalue weighted by atomic mass is 35.5. The lowest BCUT2D eigenvalue weighted by Gasteiger charge is -2.25. The smallest absolute Gasteiger partial charge is 0.268 e. The summed E-state index contributed by atoms with van der Waals surface area (Å²) >= 11 is 12.2. The maximum Gasteiger partial charge on any atom is 0.268 e. The largest absolute Gasteiger partial charge is 0.495 e. The predicted octanol–water partition coefficient (Wildman–Crippen LogP) is 5.76. The van der Waals surface area contributed by atoms with Crippen LogP contribution in [0.25, 0.3) is 0 Å². The molecule has 0 spiro atoms. The summed E-state index contributed by atoms with van der Waals surface area (Å²) in [6.07, 6.45) is 0. The first-order valence-electron chi connectivity index (χ1n) is 10.0. The zero-order chi connectivity index (χ0) is 24.3. The van der Waals surface area contributed by atoms with E-state index in [4.69, 9.17) is 27.9 Å². The number of methoxy groups -OCH3 is 1. The second-order valence-electron chi connectivity index (χ2n) is 7.63. The van der Waals surface area contributed by atoms with Crippen LogP contribution in [0.15, 0.2) is 59.5 Å². The monoisotopic (exact) mass is 506 g/mol. The third kappa shape index (κ3) is 5.61. The molecule has 0 atom stereocenters. The van der Waals surface area contributed by atoms with Gasteiger partial charge in [0.1, 0.15) is 17.2 Å². The fourth-order valence-corrected chi connectivity index (χ4v) is 5.28. The fourth-order valence-electron chi connectivity index (χ4n) is 3.33. The fraction of sp³-hybridized carbons (Fsp3) is 0.208. The van der Waals surface area contributed by atoms with Crippen LogP contribution in [-0.2, 0) is 14.8 Å². The first-order valence-corrected chi connectivity index (χ1v) is 12.2. The van der Waals surface area contributed by atoms with Crippen LogP contribution in [0.4, 0.5) is 11.4 Å². The number of sulfonamides is 1. The van der Waals surface area contributed by atoms with Gasteiger partial charge in [-0.1, -0.05) is 47.0 Å². The van der Waals surface area contributed by atoms with Gasteiger partial charge in [0.25, 0.3) is 10.0 Å². The Morgan fingerprint density at radius 3 is 2.24 bits per heavy atom. The maximum atomic E-state index is 13.8. The van der Waals surface area contributed by atoms with Crippen LogP contribution in [0, 0.1) is 20.8 Å². The molecule has 3 aromatic rings. The number of rotatable bonds is 7. The molecule has 0 heterocycles. The Hall–Kier alpha value is -2.74. The second kappa shape index (κ2) is 10.0. The van der Waals surface area contributed by atoms with E-state index >= 15 is 0 Å². The minimum atomic E-state index is -4.21. The van der Waals surface area contributed by atoms with Crippen LogP contribution in [0.5, 0.6) is 5.75 Å². The number of hydrogen-bond acceptors (Lipinski definition) is 4. The van der Waals surface area contributed by atoms with Gasteiger partial charge in [0.05, 0.1) is 22.8 Å². The van der Waals surface area contributed by atoms with Gasteiger partial charge in [-0.3, -0.25) is 9.10 Å². The van der Waals surface area contributed by atoms with Gasteiger partial charge in [0.2, 0.25) is 5.91 Å². The molecule has 9 heteroatoms. The molecule has 0 saturated heterocycles. The number of carbonyl (C=O) groups excluding carboxylic acids is 1. The summed E-state index contributed by atoms with van der Waals surface area (Å²) in [6.45, 7) is 5.11. The van der Waals surface area contributed by atoms with Crippen molar-refractivity contribution in [2.45, 2.75) is 25.7 Å². The Balaban J connectivity index is 2.05. The second-order valence-corrected chi connectivity index (χ2v) is 10.3. The highest BCUT2D eigenvalue weighted by Crippen LogP contribution is 2.34. The van der Waals surface area contributed by atoms with Crippen LogP contribution >= 0.6 is 23.2 Å². The van der Waals surface area contributed by atoms with Crippen molar-refractivity contribution >= 4 is 50.5 Å². The minimum Gasteiger partial charge on any atom is -0.495 e. The molecule has 0 radical (unpaired) electrons. The number of benzene rings is 3. The number of aryl methyl sites for hydroxylation is 3. The van der Waals surface area contributed by atoms with Gasteiger partial charge in [-0.15, -0.1) is 0 Å². The van der Waals surface area contributed by atoms with Crippen molar-refractivity contribution in [2.75, 3.05) is 23.3 Å². The number of nitrogens with zero attached hydrogens (tertiary/aromatic N) is 1. The molecule has 174 valence electrons. The van der Waals surface area contributed by atoms with Crippen molar-refractivity contribution in [1.82, 2.24) is 0 Å². The van der Waals surface area contributed by atoms with Gasteiger partial charge in [0.15, 0.2) is 0 Å². The summed E-state index contributed by atoms with van der Waals surface area (Å²) in [4.78, 5) is 12.9. The predicted molar refractivity (Wildman–Crippen MR) is 133 cm³/mol. The quantitative estimate of drug-likeness (QED) is 0.441. The van der Waals surface area contributed by atoms with Gasteiger partial charge in [-0.25, -0.2) is 8.42 Å². The Morgan fingerprint density at radius 2 is 1.61 bits per heavy atom. The summed E-state index contributed by atoms with van der Waals surface area (Å²) in [7, 11) is -2.82. The van der Waals surface area contributed by atoms with Gasteiger partial charge < -0.3 is 10.1 Å². The average molecular weight is 507 g/mol. The van der Waals surface area contributed by atoms with Crippen molar-refractivity contribution in [3.63, 3.8) is 0 Å². The molecular formula is C24H24Cl2N2O4S. The minimum absolute atomic E-state index is 0.0598. The molecule has 0 unspecified atom stereocenters. The summed E-state index contributed by atoms with van der Waals surface area (Å²) in [5.74, 6) is -0.344. The maximum absolute atomic E-state index is 13.8. The zero-order valence-electron chi connectivity index (χ0n) is 18.6. The molecule has 0 aromatic heterocycles. The lowest BCUT2D eigenvalue weighted by Crippen LogP contribution is -2.38. The third-order valence-electron chi connectivity index (χ3n) is 5.02. The molecule has 33 heavy (non-hydrogen) atoms. The lowest BCUT2D eigenvalue weighted by molar-refractivity contribution is -0.114. The number of carbonyl (C=O) groups is 1. The third-order valence-corrected chi connectivity index (χ3v) is 7.56. The van der Waals surface area contributed by atoms with E-state index in [1.54, 1.807) is 25.1 Å². The first kappa shape index (κ1) is 24.9. The van der Waals surface area contributed by atoms with E-state index in [0.29, 0.717) is 5.69 Å². The molecule has 3 rings (SSSR count). The normalized spacial score (nSPS) is 11.2. The first-order chi connectivity index (χ1) is 15.5. The van der Waals surface area contributed by atoms with E-state index in [0.717, 1.165) is 21.0 Å². The number of halogens is 2. The Morgan fingerprint density at radius 1 is 0.939 bits per heavy atom. The summed E-state index contributed by atoms with van der Waals surface area (Å²) in [5.41, 5.74) is 3.45. The van der Waals surface area contributed by atoms with Crippen LogP contribution in [0.1, 0.15) is 16.7 Å². The van der Waals surface area contributed by atoms with Crippen molar-refractivity contribution in [1.29, 1.82) is 0 Å². The van der Waals surface area contributed by atoms with Gasteiger partial charge in [0, 0.05) is 5.69 Å². The number of hydrogen-bond donors (Lipinski definition) is 1. The molecule has 0 bridgehead atoms. The highest BCUT2D eigenvalue weighted by Gasteiger charge is 2.30. The molecule has 6 nitrogen and oxygen atoms in total. The van der Waals surface area contributed by atoms with E-state index in [2.05, 4.69) is 5.32 Å². The lowest BCUT2D eigenvalue weighted by atomic mass is 10.1. The average Bonchev–Trinajstić information content (AvgIpc) is 2.76. The zero-order valence-corrected chi connectivity index (χ0v) is 21.0. The van der Waals surface area contributed by atoms with E-state index in [-0.39, 0.29) is 26.4 Å². The molecule has 0 fully saturated rings. The van der Waals surface area contributed by atoms with Crippen molar-refractivity contribution in [3.8, 4) is 5.75 Å². The summed E-state index contributed by atoms with van der Waals surface area (Å²) < 4.78 is 33.8. The van der Waals surface area contributed by atoms with E-state index in [1.807, 2.05) is 26.0 Å². The molecule has 0 aliphatic heterocycles. The van der Waals surface area contributed by atoms with E-state index in [9.17, 15) is 13.2 Å². The number of amides is 1. The van der Waals surface area contributed by atoms with Gasteiger partial charge in [-0.05, 0) is 68.3 Å². The van der Waals surface area contributed by atoms with Crippen LogP contribution < -0.4 is 14.4 Å². The van der Waals surface area contributed by atoms with E-state index in [1.165, 1.54) is 31.4 Å². The van der Waals surface area contributed by atoms with Crippen LogP contribution in [0.2, 0.25) is 10.0 Å². The highest BCUT2D eigenvalue weighted by molar-refractivity contribution is 7.93. The van der Waals surface area contributed by atoms with Crippen LogP contribution in [-0.4, -0.2) is 28.0 Å². The molecule has 1 amide bonds. The van der Waals surface area contributed by atoms with Crippen molar-refractivity contribution in [2.24, 2.45) is 0 Å². The van der Waals surface area contributed by atoms with Gasteiger partial charge >= 0.3 is 0 Å². The summed E-state index contributed by atoms with van der Waals surface area (Å²) in [5, 5.41) is 3.23. The molecule has 0 saturated carbocycles. The Bertz CT molecular complexity index is 1310. The molecule has 0 aliphatic carbocycles. The number of ether oxygens (including phenoxy) is 1. The standard InChI is InChI=1S/C24H24Cl2N2O4S/c1-15-5-9-21(17(3)11-15)27-24(29)14-28(18-7-8-19(25)20(26)13-18)33(30,31)23-12-16(2)6-10-22(23)32-4/h5-13H,14H2,1-4H3,(H,27,29). The van der Waals surface area contributed by atoms with E-state index < -0.39 is 22.5 Å². The topological polar surface area (TPSA) is 75.7 Å². The van der Waals surface area contributed by atoms with Gasteiger partial charge in [-0.2, -0.15) is 0 Å². The van der Waals surface area contributed by atoms with Crippen LogP contribution in [0.3, 0.4) is 0 Å². The Kier molecular flexibility index (Phi) is 7.57. The summed E-state index contributed by atoms with van der Waals surface area (Å²) in [6, 6.07) is 14.8. The SMILES string of the molecule is COc1ccc(C)cc1S(=O)(=O)N(CC(=O)Nc1ccc(C)cc1C)c1ccc(Cl)c(Cl)c1. The Labute approximate surface area is 204 Å². The molecular weight excluding hydrogens is 483 g/mol. The van der Waals surface area contributed by atoms with Crippen molar-refractivity contribution in [3.05, 3.63) is 81.3 Å². The number of nitrogens with one attached hydrogen (secondary N) is 1. The number of anilines is 2.